The number of carbonyl (C=O) groups excluding carboxylic acids is 1. The molecule has 5 rings (SSSR count). The van der Waals surface area contributed by atoms with Crippen LogP contribution in [0.5, 0.6) is 5.75 Å². The number of aromatic hydroxyl groups is 1. The average Bonchev–Trinajstić information content (AvgIpc) is 3.11. The molecule has 50 heavy (non-hydrogen) atoms. The van der Waals surface area contributed by atoms with E-state index in [0.29, 0.717) is 24.0 Å². The number of anilines is 1. The van der Waals surface area contributed by atoms with Crippen molar-refractivity contribution in [1.29, 1.82) is 0 Å². The van der Waals surface area contributed by atoms with Crippen molar-refractivity contribution in [2.24, 2.45) is 5.92 Å². The number of Topliss-reactive ketones (excluding diaryl/α,β-unsaturated/α-hetero) is 1. The number of phenols is 1. The Morgan fingerprint density at radius 3 is 2.34 bits per heavy atom. The van der Waals surface area contributed by atoms with E-state index in [2.05, 4.69) is 117 Å². The van der Waals surface area contributed by atoms with Gasteiger partial charge in [0.15, 0.2) is 5.78 Å². The maximum absolute atomic E-state index is 12.5. The van der Waals surface area contributed by atoms with Gasteiger partial charge in [0.1, 0.15) is 5.75 Å². The zero-order chi connectivity index (χ0) is 35.6. The van der Waals surface area contributed by atoms with Gasteiger partial charge in [-0.25, -0.2) is 0 Å². The van der Waals surface area contributed by atoms with E-state index in [0.717, 1.165) is 67.7 Å². The summed E-state index contributed by atoms with van der Waals surface area (Å²) in [4.78, 5) is 17.4. The van der Waals surface area contributed by atoms with Crippen LogP contribution in [0.25, 0.3) is 0 Å². The van der Waals surface area contributed by atoms with Gasteiger partial charge in [-0.15, -0.1) is 0 Å². The average molecular weight is 669 g/mol. The van der Waals surface area contributed by atoms with Crippen LogP contribution < -0.4 is 4.90 Å². The highest BCUT2D eigenvalue weighted by molar-refractivity contribution is 5.97. The van der Waals surface area contributed by atoms with E-state index >= 15 is 0 Å². The lowest BCUT2D eigenvalue weighted by atomic mass is 9.74. The van der Waals surface area contributed by atoms with Gasteiger partial charge in [-0.05, 0) is 135 Å². The van der Waals surface area contributed by atoms with E-state index in [1.165, 1.54) is 40.8 Å². The molecule has 0 saturated carbocycles. The SMILES string of the molecule is CCCC(=O)c1ccc(C#CCN(C)CC2CCN(c3ccc(C(c4ccc(O)cc4C)C(CC)c4cccc(C)c4)cc3)CC2)cc1CC. The Balaban J connectivity index is 1.20. The molecule has 0 bridgehead atoms. The standard InChI is InChI=1S/C46H56N2O2/c1-7-12-45(50)44-22-16-35(31-37(44)8-2)14-11-26-47(6)32-36-24-27-48(28-25-36)40-19-17-38(18-20-40)46(43-23-21-41(49)30-34(43)5)42(9-3)39-15-10-13-33(4)29-39/h10,13,15-23,29-31,36,42,46,49H,7-9,12,24-28,32H2,1-6H3. The molecule has 1 fully saturated rings. The van der Waals surface area contributed by atoms with Crippen LogP contribution in [0.3, 0.4) is 0 Å². The molecular formula is C46H56N2O2. The summed E-state index contributed by atoms with van der Waals surface area (Å²) in [7, 11) is 2.18. The highest BCUT2D eigenvalue weighted by Crippen LogP contribution is 2.43. The molecule has 0 spiro atoms. The lowest BCUT2D eigenvalue weighted by Crippen LogP contribution is -2.38. The molecule has 0 amide bonds. The van der Waals surface area contributed by atoms with Gasteiger partial charge >= 0.3 is 0 Å². The molecule has 1 saturated heterocycles. The van der Waals surface area contributed by atoms with E-state index in [9.17, 15) is 9.90 Å². The molecule has 2 atom stereocenters. The Kier molecular flexibility index (Phi) is 13.0. The molecule has 4 nitrogen and oxygen atoms in total. The maximum Gasteiger partial charge on any atom is 0.163 e. The summed E-state index contributed by atoms with van der Waals surface area (Å²) in [5.41, 5.74) is 10.6. The number of phenolic OH excluding ortho intramolecular Hbond substituents is 1. The predicted octanol–water partition coefficient (Wildman–Crippen LogP) is 10.1. The first-order valence-electron chi connectivity index (χ1n) is 18.7. The molecular weight excluding hydrogens is 613 g/mol. The Hall–Kier alpha value is -4.33. The van der Waals surface area contributed by atoms with Crippen molar-refractivity contribution in [3.8, 4) is 17.6 Å². The third kappa shape index (κ3) is 9.26. The Labute approximate surface area is 301 Å². The molecule has 1 aliphatic heterocycles. The molecule has 0 aliphatic carbocycles. The van der Waals surface area contributed by atoms with Gasteiger partial charge in [-0.1, -0.05) is 80.6 Å². The highest BCUT2D eigenvalue weighted by atomic mass is 16.3. The zero-order valence-electron chi connectivity index (χ0n) is 31.1. The molecule has 4 heteroatoms. The van der Waals surface area contributed by atoms with Crippen LogP contribution >= 0.6 is 0 Å². The van der Waals surface area contributed by atoms with Crippen LogP contribution in [-0.4, -0.2) is 49.0 Å². The van der Waals surface area contributed by atoms with Crippen LogP contribution in [-0.2, 0) is 6.42 Å². The quantitative estimate of drug-likeness (QED) is 0.114. The summed E-state index contributed by atoms with van der Waals surface area (Å²) in [6.45, 7) is 14.7. The number of hydrogen-bond acceptors (Lipinski definition) is 4. The van der Waals surface area contributed by atoms with Crippen LogP contribution in [0, 0.1) is 31.6 Å². The van der Waals surface area contributed by atoms with Gasteiger partial charge in [0.05, 0.1) is 6.54 Å². The first-order chi connectivity index (χ1) is 24.2. The Bertz CT molecular complexity index is 1790. The van der Waals surface area contributed by atoms with E-state index in [1.54, 1.807) is 0 Å². The summed E-state index contributed by atoms with van der Waals surface area (Å²) < 4.78 is 0. The minimum absolute atomic E-state index is 0.198. The van der Waals surface area contributed by atoms with Crippen molar-refractivity contribution in [2.75, 3.05) is 38.1 Å². The number of piperidine rings is 1. The largest absolute Gasteiger partial charge is 0.508 e. The minimum Gasteiger partial charge on any atom is -0.508 e. The molecule has 0 radical (unpaired) electrons. The molecule has 262 valence electrons. The van der Waals surface area contributed by atoms with Gasteiger partial charge in [-0.2, -0.15) is 0 Å². The fourth-order valence-corrected chi connectivity index (χ4v) is 7.85. The second-order valence-electron chi connectivity index (χ2n) is 14.4. The number of benzene rings is 4. The van der Waals surface area contributed by atoms with E-state index in [1.807, 2.05) is 31.2 Å². The van der Waals surface area contributed by atoms with Crippen LogP contribution in [0.2, 0.25) is 0 Å². The second-order valence-corrected chi connectivity index (χ2v) is 14.4. The monoisotopic (exact) mass is 668 g/mol. The maximum atomic E-state index is 12.5. The summed E-state index contributed by atoms with van der Waals surface area (Å²) >= 11 is 0. The van der Waals surface area contributed by atoms with Crippen LogP contribution in [0.1, 0.15) is 114 Å². The summed E-state index contributed by atoms with van der Waals surface area (Å²) in [6, 6.07) is 30.2. The first-order valence-corrected chi connectivity index (χ1v) is 18.7. The smallest absolute Gasteiger partial charge is 0.163 e. The number of carbonyl (C=O) groups is 1. The van der Waals surface area contributed by atoms with Gasteiger partial charge in [0, 0.05) is 48.8 Å². The molecule has 1 aliphatic rings. The minimum atomic E-state index is 0.198. The lowest BCUT2D eigenvalue weighted by molar-refractivity contribution is 0.0981. The van der Waals surface area contributed by atoms with Crippen molar-refractivity contribution in [3.05, 3.63) is 129 Å². The van der Waals surface area contributed by atoms with Crippen LogP contribution in [0.4, 0.5) is 5.69 Å². The summed E-state index contributed by atoms with van der Waals surface area (Å²) in [5.74, 6) is 8.46. The molecule has 0 aromatic heterocycles. The van der Waals surface area contributed by atoms with Crippen molar-refractivity contribution < 1.29 is 9.90 Å². The Morgan fingerprint density at radius 2 is 1.68 bits per heavy atom. The fourth-order valence-electron chi connectivity index (χ4n) is 7.85. The normalized spacial score (nSPS) is 14.7. The third-order valence-corrected chi connectivity index (χ3v) is 10.5. The number of nitrogens with zero attached hydrogens (tertiary/aromatic N) is 2. The molecule has 1 heterocycles. The summed E-state index contributed by atoms with van der Waals surface area (Å²) in [6.07, 6.45) is 5.69. The highest BCUT2D eigenvalue weighted by Gasteiger charge is 2.28. The van der Waals surface area contributed by atoms with E-state index < -0.39 is 0 Å². The van der Waals surface area contributed by atoms with E-state index in [4.69, 9.17) is 0 Å². The lowest BCUT2D eigenvalue weighted by Gasteiger charge is -2.35. The van der Waals surface area contributed by atoms with Gasteiger partial charge in [0.2, 0.25) is 0 Å². The molecule has 4 aromatic carbocycles. The molecule has 4 aromatic rings. The Morgan fingerprint density at radius 1 is 0.920 bits per heavy atom. The van der Waals surface area contributed by atoms with Gasteiger partial charge < -0.3 is 10.0 Å². The van der Waals surface area contributed by atoms with Crippen molar-refractivity contribution in [1.82, 2.24) is 4.90 Å². The fraction of sp³-hybridized carbons (Fsp3) is 0.413. The predicted molar refractivity (Wildman–Crippen MR) is 210 cm³/mol. The number of ketones is 1. The van der Waals surface area contributed by atoms with Crippen molar-refractivity contribution in [2.45, 2.75) is 85.0 Å². The topological polar surface area (TPSA) is 43.8 Å². The van der Waals surface area contributed by atoms with Gasteiger partial charge in [-0.3, -0.25) is 9.69 Å². The number of hydrogen-bond donors (Lipinski definition) is 1. The van der Waals surface area contributed by atoms with Crippen molar-refractivity contribution >= 4 is 11.5 Å². The molecule has 1 N–H and O–H groups in total. The number of aryl methyl sites for hydroxylation is 3. The summed E-state index contributed by atoms with van der Waals surface area (Å²) in [5, 5.41) is 10.2. The van der Waals surface area contributed by atoms with E-state index in [-0.39, 0.29) is 11.7 Å². The van der Waals surface area contributed by atoms with Gasteiger partial charge in [0.25, 0.3) is 0 Å². The molecule has 2 unspecified atom stereocenters. The van der Waals surface area contributed by atoms with Crippen molar-refractivity contribution in [3.63, 3.8) is 0 Å². The third-order valence-electron chi connectivity index (χ3n) is 10.5. The second kappa shape index (κ2) is 17.6. The zero-order valence-corrected chi connectivity index (χ0v) is 31.1. The number of rotatable bonds is 13. The van der Waals surface area contributed by atoms with Crippen LogP contribution in [0.15, 0.2) is 84.9 Å². The first kappa shape index (κ1) is 36.9.